The van der Waals surface area contributed by atoms with Gasteiger partial charge in [0, 0.05) is 23.9 Å². The van der Waals surface area contributed by atoms with E-state index in [1.54, 1.807) is 0 Å². The second kappa shape index (κ2) is 5.66. The van der Waals surface area contributed by atoms with Gasteiger partial charge in [0.1, 0.15) is 0 Å². The first kappa shape index (κ1) is 12.5. The normalized spacial score (nSPS) is 26.8. The van der Waals surface area contributed by atoms with Crippen LogP contribution in [0, 0.1) is 0 Å². The molecular weight excluding hydrogens is 242 g/mol. The Kier molecular flexibility index (Phi) is 3.94. The SMILES string of the molecule is NC(Cc1ccn(C2CCCC2)n1)C1CCCS1. The summed E-state index contributed by atoms with van der Waals surface area (Å²) in [6, 6.07) is 3.10. The lowest BCUT2D eigenvalue weighted by Crippen LogP contribution is -2.33. The first-order valence-corrected chi connectivity index (χ1v) is 8.29. The van der Waals surface area contributed by atoms with Gasteiger partial charge < -0.3 is 5.73 Å². The Bertz CT molecular complexity index is 378. The number of nitrogens with zero attached hydrogens (tertiary/aromatic N) is 2. The van der Waals surface area contributed by atoms with Crippen LogP contribution in [0.4, 0.5) is 0 Å². The highest BCUT2D eigenvalue weighted by Crippen LogP contribution is 2.30. The van der Waals surface area contributed by atoms with Crippen LogP contribution < -0.4 is 5.73 Å². The van der Waals surface area contributed by atoms with Crippen molar-refractivity contribution in [3.8, 4) is 0 Å². The second-order valence-corrected chi connectivity index (χ2v) is 6.99. The van der Waals surface area contributed by atoms with Crippen molar-refractivity contribution in [3.05, 3.63) is 18.0 Å². The summed E-state index contributed by atoms with van der Waals surface area (Å²) in [6.07, 6.45) is 11.0. The van der Waals surface area contributed by atoms with Gasteiger partial charge in [-0.05, 0) is 37.5 Å². The van der Waals surface area contributed by atoms with E-state index in [1.165, 1.54) is 50.0 Å². The van der Waals surface area contributed by atoms with Crippen LogP contribution in [0.3, 0.4) is 0 Å². The Balaban J connectivity index is 1.58. The van der Waals surface area contributed by atoms with Crippen LogP contribution in [0.25, 0.3) is 0 Å². The van der Waals surface area contributed by atoms with E-state index in [9.17, 15) is 0 Å². The summed E-state index contributed by atoms with van der Waals surface area (Å²) in [4.78, 5) is 0. The molecular formula is C14H23N3S. The maximum atomic E-state index is 6.30. The predicted octanol–water partition coefficient (Wildman–Crippen LogP) is 2.76. The molecule has 1 saturated heterocycles. The molecule has 0 spiro atoms. The fourth-order valence-corrected chi connectivity index (χ4v) is 4.48. The van der Waals surface area contributed by atoms with Crippen LogP contribution >= 0.6 is 11.8 Å². The quantitative estimate of drug-likeness (QED) is 0.910. The fraction of sp³-hybridized carbons (Fsp3) is 0.786. The lowest BCUT2D eigenvalue weighted by Gasteiger charge is -2.16. The Morgan fingerprint density at radius 1 is 1.33 bits per heavy atom. The molecule has 2 fully saturated rings. The van der Waals surface area contributed by atoms with Gasteiger partial charge in [0.05, 0.1) is 11.7 Å². The largest absolute Gasteiger partial charge is 0.326 e. The average Bonchev–Trinajstić information content (AvgIpc) is 3.12. The van der Waals surface area contributed by atoms with Crippen molar-refractivity contribution < 1.29 is 0 Å². The van der Waals surface area contributed by atoms with Crippen LogP contribution in [0.2, 0.25) is 0 Å². The van der Waals surface area contributed by atoms with Crippen LogP contribution in [-0.4, -0.2) is 26.8 Å². The van der Waals surface area contributed by atoms with Gasteiger partial charge in [0.25, 0.3) is 0 Å². The number of hydrogen-bond donors (Lipinski definition) is 1. The standard InChI is InChI=1S/C14H23N3S/c15-13(14-6-3-9-18-14)10-11-7-8-17(16-11)12-4-1-2-5-12/h7-8,12-14H,1-6,9-10,15H2. The Morgan fingerprint density at radius 3 is 2.89 bits per heavy atom. The fourth-order valence-electron chi connectivity index (χ4n) is 3.17. The van der Waals surface area contributed by atoms with Gasteiger partial charge in [-0.2, -0.15) is 16.9 Å². The summed E-state index contributed by atoms with van der Waals surface area (Å²) in [7, 11) is 0. The number of hydrogen-bond acceptors (Lipinski definition) is 3. The first-order valence-electron chi connectivity index (χ1n) is 7.24. The van der Waals surface area contributed by atoms with Crippen molar-refractivity contribution in [2.75, 3.05) is 5.75 Å². The molecule has 2 N–H and O–H groups in total. The minimum atomic E-state index is 0.282. The third kappa shape index (κ3) is 2.75. The van der Waals surface area contributed by atoms with Gasteiger partial charge in [-0.25, -0.2) is 0 Å². The first-order chi connectivity index (χ1) is 8.83. The third-order valence-electron chi connectivity index (χ3n) is 4.25. The van der Waals surface area contributed by atoms with Crippen molar-refractivity contribution in [2.24, 2.45) is 5.73 Å². The highest BCUT2D eigenvalue weighted by Gasteiger charge is 2.24. The molecule has 18 heavy (non-hydrogen) atoms. The molecule has 3 nitrogen and oxygen atoms in total. The van der Waals surface area contributed by atoms with Gasteiger partial charge in [0.2, 0.25) is 0 Å². The van der Waals surface area contributed by atoms with Crippen LogP contribution in [0.15, 0.2) is 12.3 Å². The van der Waals surface area contributed by atoms with Crippen molar-refractivity contribution in [2.45, 2.75) is 62.3 Å². The summed E-state index contributed by atoms with van der Waals surface area (Å²) in [5.41, 5.74) is 7.49. The predicted molar refractivity (Wildman–Crippen MR) is 76.9 cm³/mol. The van der Waals surface area contributed by atoms with E-state index in [4.69, 9.17) is 10.8 Å². The molecule has 4 heteroatoms. The molecule has 2 aliphatic rings. The van der Waals surface area contributed by atoms with Crippen LogP contribution in [-0.2, 0) is 6.42 Å². The lowest BCUT2D eigenvalue weighted by atomic mass is 10.1. The molecule has 1 aromatic heterocycles. The van der Waals surface area contributed by atoms with E-state index >= 15 is 0 Å². The van der Waals surface area contributed by atoms with Crippen molar-refractivity contribution in [3.63, 3.8) is 0 Å². The lowest BCUT2D eigenvalue weighted by molar-refractivity contribution is 0.460. The highest BCUT2D eigenvalue weighted by atomic mass is 32.2. The van der Waals surface area contributed by atoms with E-state index in [2.05, 4.69) is 16.9 Å². The topological polar surface area (TPSA) is 43.8 Å². The molecule has 100 valence electrons. The Labute approximate surface area is 114 Å². The molecule has 0 radical (unpaired) electrons. The monoisotopic (exact) mass is 265 g/mol. The number of thioether (sulfide) groups is 1. The number of rotatable bonds is 4. The van der Waals surface area contributed by atoms with E-state index in [0.29, 0.717) is 11.3 Å². The Hall–Kier alpha value is -0.480. The highest BCUT2D eigenvalue weighted by molar-refractivity contribution is 8.00. The zero-order chi connectivity index (χ0) is 12.4. The molecule has 1 saturated carbocycles. The third-order valence-corrected chi connectivity index (χ3v) is 5.79. The van der Waals surface area contributed by atoms with Gasteiger partial charge in [-0.15, -0.1) is 0 Å². The van der Waals surface area contributed by atoms with Gasteiger partial charge >= 0.3 is 0 Å². The molecule has 0 amide bonds. The average molecular weight is 265 g/mol. The van der Waals surface area contributed by atoms with E-state index in [-0.39, 0.29) is 6.04 Å². The minimum absolute atomic E-state index is 0.282. The van der Waals surface area contributed by atoms with Gasteiger partial charge in [-0.3, -0.25) is 4.68 Å². The Morgan fingerprint density at radius 2 is 2.17 bits per heavy atom. The molecule has 2 atom stereocenters. The van der Waals surface area contributed by atoms with Crippen LogP contribution in [0.1, 0.15) is 50.3 Å². The van der Waals surface area contributed by atoms with E-state index in [0.717, 1.165) is 6.42 Å². The van der Waals surface area contributed by atoms with Crippen molar-refractivity contribution >= 4 is 11.8 Å². The molecule has 1 aliphatic carbocycles. The number of aromatic nitrogens is 2. The van der Waals surface area contributed by atoms with Gasteiger partial charge in [0.15, 0.2) is 0 Å². The molecule has 2 heterocycles. The molecule has 1 aliphatic heterocycles. The molecule has 1 aromatic rings. The zero-order valence-corrected chi connectivity index (χ0v) is 11.7. The summed E-state index contributed by atoms with van der Waals surface area (Å²) in [6.45, 7) is 0. The van der Waals surface area contributed by atoms with E-state index < -0.39 is 0 Å². The molecule has 0 aromatic carbocycles. The van der Waals surface area contributed by atoms with E-state index in [1.807, 2.05) is 11.8 Å². The zero-order valence-electron chi connectivity index (χ0n) is 10.9. The summed E-state index contributed by atoms with van der Waals surface area (Å²) in [5.74, 6) is 1.29. The summed E-state index contributed by atoms with van der Waals surface area (Å²) >= 11 is 2.04. The van der Waals surface area contributed by atoms with Crippen molar-refractivity contribution in [1.82, 2.24) is 9.78 Å². The minimum Gasteiger partial charge on any atom is -0.326 e. The maximum absolute atomic E-state index is 6.30. The summed E-state index contributed by atoms with van der Waals surface area (Å²) < 4.78 is 2.18. The van der Waals surface area contributed by atoms with Gasteiger partial charge in [-0.1, -0.05) is 12.8 Å². The molecule has 2 unspecified atom stereocenters. The second-order valence-electron chi connectivity index (χ2n) is 5.64. The smallest absolute Gasteiger partial charge is 0.0640 e. The molecule has 0 bridgehead atoms. The summed E-state index contributed by atoms with van der Waals surface area (Å²) in [5, 5.41) is 5.39. The van der Waals surface area contributed by atoms with Crippen molar-refractivity contribution in [1.29, 1.82) is 0 Å². The molecule has 3 rings (SSSR count). The van der Waals surface area contributed by atoms with Crippen LogP contribution in [0.5, 0.6) is 0 Å². The maximum Gasteiger partial charge on any atom is 0.0640 e. The number of nitrogens with two attached hydrogens (primary N) is 1.